The van der Waals surface area contributed by atoms with Crippen LogP contribution in [0.25, 0.3) is 0 Å². The highest BCUT2D eigenvalue weighted by molar-refractivity contribution is 5.92. The molecule has 1 aromatic heterocycles. The average molecular weight is 398 g/mol. The number of carbonyl (C=O) groups is 2. The molecule has 0 N–H and O–H groups in total. The monoisotopic (exact) mass is 398 g/mol. The Bertz CT molecular complexity index is 862. The summed E-state index contributed by atoms with van der Waals surface area (Å²) < 4.78 is 13.1. The van der Waals surface area contributed by atoms with Crippen LogP contribution in [0.3, 0.4) is 0 Å². The predicted molar refractivity (Wildman–Crippen MR) is 106 cm³/mol. The summed E-state index contributed by atoms with van der Waals surface area (Å²) >= 11 is 0. The van der Waals surface area contributed by atoms with Crippen LogP contribution in [0.4, 0.5) is 16.0 Å². The molecule has 2 saturated heterocycles. The Morgan fingerprint density at radius 2 is 1.55 bits per heavy atom. The first-order valence-corrected chi connectivity index (χ1v) is 9.71. The molecule has 8 nitrogen and oxygen atoms in total. The molecule has 152 valence electrons. The molecule has 2 aliphatic rings. The maximum atomic E-state index is 13.1. The maximum Gasteiger partial charge on any atom is 0.272 e. The van der Waals surface area contributed by atoms with E-state index in [9.17, 15) is 14.0 Å². The zero-order valence-electron chi connectivity index (χ0n) is 16.1. The van der Waals surface area contributed by atoms with E-state index in [1.54, 1.807) is 34.2 Å². The Labute approximate surface area is 168 Å². The molecule has 9 heteroatoms. The second kappa shape index (κ2) is 8.42. The topological polar surface area (TPSA) is 72.9 Å². The van der Waals surface area contributed by atoms with Gasteiger partial charge in [-0.15, -0.1) is 0 Å². The first-order chi connectivity index (χ1) is 14.1. The van der Waals surface area contributed by atoms with Crippen molar-refractivity contribution in [1.82, 2.24) is 19.8 Å². The van der Waals surface area contributed by atoms with Gasteiger partial charge in [0.1, 0.15) is 11.5 Å². The number of rotatable bonds is 4. The van der Waals surface area contributed by atoms with Crippen LogP contribution in [0.1, 0.15) is 10.5 Å². The average Bonchev–Trinajstić information content (AvgIpc) is 2.79. The first-order valence-electron chi connectivity index (χ1n) is 9.71. The van der Waals surface area contributed by atoms with Crippen molar-refractivity contribution in [1.29, 1.82) is 0 Å². The van der Waals surface area contributed by atoms with Crippen molar-refractivity contribution < 1.29 is 14.0 Å². The molecule has 0 bridgehead atoms. The third-order valence-corrected chi connectivity index (χ3v) is 5.37. The lowest BCUT2D eigenvalue weighted by Crippen LogP contribution is -2.48. The van der Waals surface area contributed by atoms with Crippen molar-refractivity contribution >= 4 is 24.0 Å². The van der Waals surface area contributed by atoms with Gasteiger partial charge in [0.2, 0.25) is 12.4 Å². The number of amides is 2. The Morgan fingerprint density at radius 1 is 0.897 bits per heavy atom. The summed E-state index contributed by atoms with van der Waals surface area (Å²) in [7, 11) is 0. The van der Waals surface area contributed by atoms with Crippen LogP contribution < -0.4 is 9.80 Å². The first kappa shape index (κ1) is 19.1. The molecule has 1 aromatic carbocycles. The van der Waals surface area contributed by atoms with E-state index in [1.807, 2.05) is 0 Å². The van der Waals surface area contributed by atoms with Gasteiger partial charge in [0.25, 0.3) is 5.91 Å². The summed E-state index contributed by atoms with van der Waals surface area (Å²) in [5, 5.41) is 0. The minimum atomic E-state index is -0.241. The highest BCUT2D eigenvalue weighted by atomic mass is 19.1. The molecule has 2 amide bonds. The Balaban J connectivity index is 1.38. The molecule has 0 saturated carbocycles. The van der Waals surface area contributed by atoms with E-state index in [-0.39, 0.29) is 11.7 Å². The lowest BCUT2D eigenvalue weighted by molar-refractivity contribution is -0.119. The SMILES string of the molecule is O=CN1CCN(C(=O)c2ccnc(N3CCN(c4ccc(F)cc4)CC3)n2)CC1. The van der Waals surface area contributed by atoms with Crippen LogP contribution in [0.5, 0.6) is 0 Å². The zero-order valence-corrected chi connectivity index (χ0v) is 16.1. The predicted octanol–water partition coefficient (Wildman–Crippen LogP) is 0.856. The van der Waals surface area contributed by atoms with Crippen molar-refractivity contribution in [3.63, 3.8) is 0 Å². The molecule has 2 aliphatic heterocycles. The fourth-order valence-electron chi connectivity index (χ4n) is 3.63. The number of hydrogen-bond acceptors (Lipinski definition) is 6. The largest absolute Gasteiger partial charge is 0.368 e. The second-order valence-corrected chi connectivity index (χ2v) is 7.13. The van der Waals surface area contributed by atoms with Crippen molar-refractivity contribution in [2.24, 2.45) is 0 Å². The van der Waals surface area contributed by atoms with E-state index >= 15 is 0 Å². The van der Waals surface area contributed by atoms with Gasteiger partial charge in [-0.25, -0.2) is 14.4 Å². The third-order valence-electron chi connectivity index (χ3n) is 5.37. The summed E-state index contributed by atoms with van der Waals surface area (Å²) in [6.07, 6.45) is 2.43. The lowest BCUT2D eigenvalue weighted by atomic mass is 10.2. The summed E-state index contributed by atoms with van der Waals surface area (Å²) in [4.78, 5) is 40.1. The van der Waals surface area contributed by atoms with Crippen LogP contribution in [0.2, 0.25) is 0 Å². The van der Waals surface area contributed by atoms with Crippen LogP contribution in [0.15, 0.2) is 36.5 Å². The normalized spacial score (nSPS) is 17.4. The standard InChI is InChI=1S/C20H23FN6O2/c21-16-1-3-17(4-2-16)25-11-13-27(14-12-25)20-22-6-5-18(23-20)19(29)26-9-7-24(15-28)8-10-26/h1-6,15H,7-14H2. The van der Waals surface area contributed by atoms with E-state index in [0.29, 0.717) is 50.9 Å². The molecular formula is C20H23FN6O2. The molecule has 29 heavy (non-hydrogen) atoms. The van der Waals surface area contributed by atoms with Gasteiger partial charge in [-0.3, -0.25) is 9.59 Å². The van der Waals surface area contributed by atoms with Crippen LogP contribution >= 0.6 is 0 Å². The van der Waals surface area contributed by atoms with Gasteiger partial charge in [0.05, 0.1) is 0 Å². The van der Waals surface area contributed by atoms with Crippen molar-refractivity contribution in [2.45, 2.75) is 0 Å². The molecule has 0 atom stereocenters. The molecule has 3 heterocycles. The van der Waals surface area contributed by atoms with Crippen molar-refractivity contribution in [3.8, 4) is 0 Å². The van der Waals surface area contributed by atoms with Gasteiger partial charge < -0.3 is 19.6 Å². The van der Waals surface area contributed by atoms with Crippen LogP contribution in [-0.4, -0.2) is 84.4 Å². The molecular weight excluding hydrogens is 375 g/mol. The number of piperazine rings is 2. The number of anilines is 2. The van der Waals surface area contributed by atoms with E-state index in [0.717, 1.165) is 25.2 Å². The number of aromatic nitrogens is 2. The summed E-state index contributed by atoms with van der Waals surface area (Å²) in [6.45, 7) is 5.05. The Morgan fingerprint density at radius 3 is 2.21 bits per heavy atom. The molecule has 2 aromatic rings. The second-order valence-electron chi connectivity index (χ2n) is 7.13. The quantitative estimate of drug-likeness (QED) is 0.712. The number of nitrogens with zero attached hydrogens (tertiary/aromatic N) is 6. The van der Waals surface area contributed by atoms with Gasteiger partial charge in [-0.05, 0) is 30.3 Å². The van der Waals surface area contributed by atoms with E-state index in [2.05, 4.69) is 19.8 Å². The maximum absolute atomic E-state index is 13.1. The Hall–Kier alpha value is -3.23. The minimum Gasteiger partial charge on any atom is -0.368 e. The summed E-state index contributed by atoms with van der Waals surface area (Å²) in [5.41, 5.74) is 1.36. The molecule has 4 rings (SSSR count). The molecule has 0 radical (unpaired) electrons. The third kappa shape index (κ3) is 4.28. The van der Waals surface area contributed by atoms with Gasteiger partial charge in [0.15, 0.2) is 0 Å². The number of hydrogen-bond donors (Lipinski definition) is 0. The molecule has 0 unspecified atom stereocenters. The lowest BCUT2D eigenvalue weighted by Gasteiger charge is -2.36. The molecule has 2 fully saturated rings. The smallest absolute Gasteiger partial charge is 0.272 e. The van der Waals surface area contributed by atoms with E-state index in [1.165, 1.54) is 12.1 Å². The number of halogens is 1. The zero-order chi connectivity index (χ0) is 20.2. The van der Waals surface area contributed by atoms with E-state index in [4.69, 9.17) is 0 Å². The Kier molecular flexibility index (Phi) is 5.55. The fraction of sp³-hybridized carbons (Fsp3) is 0.400. The van der Waals surface area contributed by atoms with Gasteiger partial charge >= 0.3 is 0 Å². The molecule has 0 spiro atoms. The van der Waals surface area contributed by atoms with Crippen LogP contribution in [0, 0.1) is 5.82 Å². The minimum absolute atomic E-state index is 0.135. The highest BCUT2D eigenvalue weighted by Crippen LogP contribution is 2.19. The van der Waals surface area contributed by atoms with Crippen LogP contribution in [-0.2, 0) is 4.79 Å². The number of benzene rings is 1. The molecule has 0 aliphatic carbocycles. The van der Waals surface area contributed by atoms with E-state index < -0.39 is 0 Å². The summed E-state index contributed by atoms with van der Waals surface area (Å²) in [5.74, 6) is 0.167. The van der Waals surface area contributed by atoms with Crippen molar-refractivity contribution in [3.05, 3.63) is 48.0 Å². The van der Waals surface area contributed by atoms with Gasteiger partial charge in [-0.2, -0.15) is 0 Å². The van der Waals surface area contributed by atoms with Gasteiger partial charge in [-0.1, -0.05) is 0 Å². The summed E-state index contributed by atoms with van der Waals surface area (Å²) in [6, 6.07) is 8.13. The highest BCUT2D eigenvalue weighted by Gasteiger charge is 2.24. The van der Waals surface area contributed by atoms with Gasteiger partial charge in [0, 0.05) is 64.2 Å². The fourth-order valence-corrected chi connectivity index (χ4v) is 3.63. The van der Waals surface area contributed by atoms with Crippen molar-refractivity contribution in [2.75, 3.05) is 62.2 Å². The number of carbonyl (C=O) groups excluding carboxylic acids is 2.